The lowest BCUT2D eigenvalue weighted by atomic mass is 10.2. The number of aromatic nitrogens is 1. The Kier molecular flexibility index (Phi) is 2.68. The Bertz CT molecular complexity index is 319. The van der Waals surface area contributed by atoms with Gasteiger partial charge >= 0.3 is 0 Å². The normalized spacial score (nSPS) is 16.3. The summed E-state index contributed by atoms with van der Waals surface area (Å²) in [5, 5.41) is 8.96. The molecule has 0 bridgehead atoms. The molecule has 76 valence electrons. The van der Waals surface area contributed by atoms with Crippen molar-refractivity contribution in [3.05, 3.63) is 23.4 Å². The van der Waals surface area contributed by atoms with E-state index in [1.165, 1.54) is 18.4 Å². The molecule has 3 heteroatoms. The molecule has 2 heterocycles. The van der Waals surface area contributed by atoms with Crippen LogP contribution in [0.4, 0.5) is 5.82 Å². The first-order valence-electron chi connectivity index (χ1n) is 5.12. The first-order chi connectivity index (χ1) is 6.81. The van der Waals surface area contributed by atoms with Gasteiger partial charge in [0.2, 0.25) is 0 Å². The molecule has 1 N–H and O–H groups in total. The van der Waals surface area contributed by atoms with Crippen LogP contribution >= 0.6 is 0 Å². The van der Waals surface area contributed by atoms with Gasteiger partial charge in [0.25, 0.3) is 0 Å². The molecule has 0 unspecified atom stereocenters. The third kappa shape index (κ3) is 1.73. The van der Waals surface area contributed by atoms with Crippen LogP contribution in [0, 0.1) is 6.92 Å². The molecule has 3 nitrogen and oxygen atoms in total. The molecule has 0 radical (unpaired) electrons. The van der Waals surface area contributed by atoms with Crippen molar-refractivity contribution in [1.29, 1.82) is 0 Å². The summed E-state index contributed by atoms with van der Waals surface area (Å²) in [5.41, 5.74) is 2.06. The number of aryl methyl sites for hydroxylation is 1. The highest BCUT2D eigenvalue weighted by atomic mass is 16.3. The van der Waals surface area contributed by atoms with Crippen molar-refractivity contribution < 1.29 is 5.11 Å². The highest BCUT2D eigenvalue weighted by Gasteiger charge is 2.15. The molecule has 0 amide bonds. The van der Waals surface area contributed by atoms with Gasteiger partial charge in [0.05, 0.1) is 6.61 Å². The molecule has 1 aliphatic heterocycles. The van der Waals surface area contributed by atoms with Gasteiger partial charge in [-0.05, 0) is 37.0 Å². The maximum absolute atomic E-state index is 8.96. The average molecular weight is 192 g/mol. The minimum Gasteiger partial charge on any atom is -0.392 e. The van der Waals surface area contributed by atoms with E-state index >= 15 is 0 Å². The van der Waals surface area contributed by atoms with Gasteiger partial charge in [-0.3, -0.25) is 0 Å². The molecule has 1 aliphatic rings. The average Bonchev–Trinajstić information content (AvgIpc) is 2.70. The third-order valence-electron chi connectivity index (χ3n) is 2.70. The second kappa shape index (κ2) is 3.96. The fourth-order valence-electron chi connectivity index (χ4n) is 1.97. The van der Waals surface area contributed by atoms with Crippen molar-refractivity contribution in [1.82, 2.24) is 4.98 Å². The monoisotopic (exact) mass is 192 g/mol. The molecule has 1 fully saturated rings. The highest BCUT2D eigenvalue weighted by molar-refractivity contribution is 5.47. The molecular weight excluding hydrogens is 176 g/mol. The molecule has 0 atom stereocenters. The lowest BCUT2D eigenvalue weighted by Crippen LogP contribution is -2.20. The van der Waals surface area contributed by atoms with Crippen molar-refractivity contribution >= 4 is 5.82 Å². The largest absolute Gasteiger partial charge is 0.392 e. The Morgan fingerprint density at radius 3 is 2.71 bits per heavy atom. The van der Waals surface area contributed by atoms with Crippen LogP contribution in [-0.4, -0.2) is 23.2 Å². The number of aliphatic hydroxyl groups excluding tert-OH is 1. The molecule has 1 aromatic heterocycles. The zero-order chi connectivity index (χ0) is 9.97. The van der Waals surface area contributed by atoms with Crippen molar-refractivity contribution in [2.45, 2.75) is 26.4 Å². The van der Waals surface area contributed by atoms with Crippen LogP contribution in [0.25, 0.3) is 0 Å². The van der Waals surface area contributed by atoms with Gasteiger partial charge in [-0.1, -0.05) is 0 Å². The van der Waals surface area contributed by atoms with Crippen molar-refractivity contribution in [2.24, 2.45) is 0 Å². The van der Waals surface area contributed by atoms with Crippen molar-refractivity contribution in [2.75, 3.05) is 18.0 Å². The van der Waals surface area contributed by atoms with E-state index in [0.717, 1.165) is 24.5 Å². The standard InChI is InChI=1S/C11H16N2O/c1-9-6-10(8-14)7-12-11(9)13-4-2-3-5-13/h6-7,14H,2-5,8H2,1H3. The first kappa shape index (κ1) is 9.46. The zero-order valence-corrected chi connectivity index (χ0v) is 8.53. The molecule has 2 rings (SSSR count). The Labute approximate surface area is 84.4 Å². The fourth-order valence-corrected chi connectivity index (χ4v) is 1.97. The maximum atomic E-state index is 8.96. The second-order valence-corrected chi connectivity index (χ2v) is 3.84. The van der Waals surface area contributed by atoms with Crippen molar-refractivity contribution in [3.63, 3.8) is 0 Å². The smallest absolute Gasteiger partial charge is 0.131 e. The lowest BCUT2D eigenvalue weighted by molar-refractivity contribution is 0.281. The molecule has 14 heavy (non-hydrogen) atoms. The number of rotatable bonds is 2. The van der Waals surface area contributed by atoms with E-state index in [-0.39, 0.29) is 6.61 Å². The number of pyridine rings is 1. The summed E-state index contributed by atoms with van der Waals surface area (Å²) in [6, 6.07) is 2.01. The predicted octanol–water partition coefficient (Wildman–Crippen LogP) is 1.48. The highest BCUT2D eigenvalue weighted by Crippen LogP contribution is 2.22. The predicted molar refractivity (Wildman–Crippen MR) is 56.3 cm³/mol. The molecule has 0 aromatic carbocycles. The summed E-state index contributed by atoms with van der Waals surface area (Å²) in [6.45, 7) is 4.37. The van der Waals surface area contributed by atoms with E-state index in [9.17, 15) is 0 Å². The van der Waals surface area contributed by atoms with Crippen LogP contribution in [0.15, 0.2) is 12.3 Å². The van der Waals surface area contributed by atoms with Gasteiger partial charge in [-0.25, -0.2) is 4.98 Å². The Balaban J connectivity index is 2.25. The van der Waals surface area contributed by atoms with Gasteiger partial charge in [-0.15, -0.1) is 0 Å². The van der Waals surface area contributed by atoms with Gasteiger partial charge in [0, 0.05) is 19.3 Å². The summed E-state index contributed by atoms with van der Waals surface area (Å²) in [5.74, 6) is 1.08. The molecule has 0 spiro atoms. The van der Waals surface area contributed by atoms with E-state index < -0.39 is 0 Å². The molecule has 0 saturated carbocycles. The Morgan fingerprint density at radius 2 is 2.14 bits per heavy atom. The van der Waals surface area contributed by atoms with Crippen molar-refractivity contribution in [3.8, 4) is 0 Å². The number of hydrogen-bond acceptors (Lipinski definition) is 3. The topological polar surface area (TPSA) is 36.4 Å². The lowest BCUT2D eigenvalue weighted by Gasteiger charge is -2.18. The molecular formula is C11H16N2O. The number of nitrogens with zero attached hydrogens (tertiary/aromatic N) is 2. The third-order valence-corrected chi connectivity index (χ3v) is 2.70. The summed E-state index contributed by atoms with van der Waals surface area (Å²) in [4.78, 5) is 6.71. The SMILES string of the molecule is Cc1cc(CO)cnc1N1CCCC1. The Hall–Kier alpha value is -1.09. The van der Waals surface area contributed by atoms with Crippen LogP contribution in [-0.2, 0) is 6.61 Å². The summed E-state index contributed by atoms with van der Waals surface area (Å²) in [6.07, 6.45) is 4.30. The van der Waals surface area contributed by atoms with Crippen LogP contribution < -0.4 is 4.90 Å². The van der Waals surface area contributed by atoms with Gasteiger partial charge in [-0.2, -0.15) is 0 Å². The quantitative estimate of drug-likeness (QED) is 0.771. The van der Waals surface area contributed by atoms with E-state index in [1.807, 2.05) is 6.07 Å². The maximum Gasteiger partial charge on any atom is 0.131 e. The van der Waals surface area contributed by atoms with Crippen LogP contribution in [0.1, 0.15) is 24.0 Å². The number of hydrogen-bond donors (Lipinski definition) is 1. The van der Waals surface area contributed by atoms with Gasteiger partial charge in [0.15, 0.2) is 0 Å². The number of aliphatic hydroxyl groups is 1. The molecule has 1 saturated heterocycles. The van der Waals surface area contributed by atoms with E-state index in [0.29, 0.717) is 0 Å². The van der Waals surface area contributed by atoms with Crippen LogP contribution in [0.5, 0.6) is 0 Å². The minimum atomic E-state index is 0.0775. The molecule has 0 aliphatic carbocycles. The van der Waals surface area contributed by atoms with Crippen LogP contribution in [0.3, 0.4) is 0 Å². The van der Waals surface area contributed by atoms with E-state index in [2.05, 4.69) is 16.8 Å². The molecule has 1 aromatic rings. The zero-order valence-electron chi connectivity index (χ0n) is 8.53. The van der Waals surface area contributed by atoms with E-state index in [1.54, 1.807) is 6.20 Å². The fraction of sp³-hybridized carbons (Fsp3) is 0.545. The van der Waals surface area contributed by atoms with Crippen LogP contribution in [0.2, 0.25) is 0 Å². The van der Waals surface area contributed by atoms with E-state index in [4.69, 9.17) is 5.11 Å². The van der Waals surface area contributed by atoms with Gasteiger partial charge in [0.1, 0.15) is 5.82 Å². The van der Waals surface area contributed by atoms with Gasteiger partial charge < -0.3 is 10.0 Å². The summed E-state index contributed by atoms with van der Waals surface area (Å²) in [7, 11) is 0. The number of anilines is 1. The minimum absolute atomic E-state index is 0.0775. The second-order valence-electron chi connectivity index (χ2n) is 3.84. The first-order valence-corrected chi connectivity index (χ1v) is 5.12. The Morgan fingerprint density at radius 1 is 1.43 bits per heavy atom. The summed E-state index contributed by atoms with van der Waals surface area (Å²) >= 11 is 0. The summed E-state index contributed by atoms with van der Waals surface area (Å²) < 4.78 is 0.